The molecular weight excluding hydrogens is 230 g/mol. The van der Waals surface area contributed by atoms with Crippen LogP contribution in [0.3, 0.4) is 0 Å². The molecule has 98 valence electrons. The molecule has 1 aromatic carbocycles. The molecule has 18 heavy (non-hydrogen) atoms. The van der Waals surface area contributed by atoms with Crippen LogP contribution in [0.25, 0.3) is 11.0 Å². The lowest BCUT2D eigenvalue weighted by Gasteiger charge is -2.08. The van der Waals surface area contributed by atoms with Gasteiger partial charge in [0.15, 0.2) is 0 Å². The van der Waals surface area contributed by atoms with E-state index in [1.54, 1.807) is 7.11 Å². The highest BCUT2D eigenvalue weighted by atomic mass is 16.5. The normalized spacial score (nSPS) is 11.1. The summed E-state index contributed by atoms with van der Waals surface area (Å²) in [7, 11) is 1.67. The quantitative estimate of drug-likeness (QED) is 0.760. The lowest BCUT2D eigenvalue weighted by molar-refractivity contribution is 0.210. The van der Waals surface area contributed by atoms with Crippen LogP contribution in [0.15, 0.2) is 18.2 Å². The number of nitrogens with zero attached hydrogens (tertiary/aromatic N) is 2. The molecule has 0 fully saturated rings. The number of aryl methyl sites for hydroxylation is 1. The topological polar surface area (TPSA) is 59.3 Å². The molecule has 0 bridgehead atoms. The van der Waals surface area contributed by atoms with Gasteiger partial charge in [0.05, 0.1) is 24.2 Å². The molecule has 1 aromatic heterocycles. The summed E-state index contributed by atoms with van der Waals surface area (Å²) in [6.45, 7) is 4.00. The Kier molecular flexibility index (Phi) is 4.17. The Hall–Kier alpha value is -1.59. The standard InChI is InChI=1S/C13H19N3O2/c1-10-3-4-12-11(9-10)15-13(14-5-8-18-2)16(12)6-7-17/h3-4,9,17H,5-8H2,1-2H3,(H,14,15). The van der Waals surface area contributed by atoms with Gasteiger partial charge in [-0.25, -0.2) is 4.98 Å². The van der Waals surface area contributed by atoms with Crippen LogP contribution in [-0.2, 0) is 11.3 Å². The summed E-state index contributed by atoms with van der Waals surface area (Å²) < 4.78 is 7.00. The van der Waals surface area contributed by atoms with E-state index in [9.17, 15) is 0 Å². The number of rotatable bonds is 6. The maximum Gasteiger partial charge on any atom is 0.204 e. The number of methoxy groups -OCH3 is 1. The molecule has 1 heterocycles. The molecule has 0 unspecified atom stereocenters. The zero-order valence-electron chi connectivity index (χ0n) is 10.8. The Morgan fingerprint density at radius 1 is 1.44 bits per heavy atom. The van der Waals surface area contributed by atoms with Crippen molar-refractivity contribution in [3.05, 3.63) is 23.8 Å². The number of fused-ring (bicyclic) bond motifs is 1. The second-order valence-electron chi connectivity index (χ2n) is 4.22. The molecule has 0 aliphatic heterocycles. The van der Waals surface area contributed by atoms with Gasteiger partial charge in [0.1, 0.15) is 0 Å². The Bertz CT molecular complexity index is 522. The highest BCUT2D eigenvalue weighted by molar-refractivity contribution is 5.79. The predicted molar refractivity (Wildman–Crippen MR) is 71.9 cm³/mol. The zero-order chi connectivity index (χ0) is 13.0. The number of benzene rings is 1. The summed E-state index contributed by atoms with van der Waals surface area (Å²) in [5.41, 5.74) is 3.16. The van der Waals surface area contributed by atoms with Crippen LogP contribution in [0.4, 0.5) is 5.95 Å². The number of nitrogens with one attached hydrogen (secondary N) is 1. The number of imidazole rings is 1. The number of hydrogen-bond acceptors (Lipinski definition) is 4. The van der Waals surface area contributed by atoms with Crippen LogP contribution >= 0.6 is 0 Å². The molecular formula is C13H19N3O2. The minimum Gasteiger partial charge on any atom is -0.395 e. The van der Waals surface area contributed by atoms with Crippen LogP contribution in [-0.4, -0.2) is 41.5 Å². The van der Waals surface area contributed by atoms with Gasteiger partial charge in [0, 0.05) is 20.2 Å². The van der Waals surface area contributed by atoms with Crippen LogP contribution in [0.1, 0.15) is 5.56 Å². The van der Waals surface area contributed by atoms with Gasteiger partial charge < -0.3 is 19.7 Å². The highest BCUT2D eigenvalue weighted by Crippen LogP contribution is 2.20. The third kappa shape index (κ3) is 2.63. The second kappa shape index (κ2) is 5.84. The number of aliphatic hydroxyl groups excluding tert-OH is 1. The summed E-state index contributed by atoms with van der Waals surface area (Å²) >= 11 is 0. The van der Waals surface area contributed by atoms with E-state index in [1.165, 1.54) is 5.56 Å². The Morgan fingerprint density at radius 3 is 3.00 bits per heavy atom. The smallest absolute Gasteiger partial charge is 0.204 e. The first-order chi connectivity index (χ1) is 8.76. The van der Waals surface area contributed by atoms with E-state index < -0.39 is 0 Å². The van der Waals surface area contributed by atoms with Crippen molar-refractivity contribution >= 4 is 17.0 Å². The number of hydrogen-bond donors (Lipinski definition) is 2. The molecule has 0 amide bonds. The summed E-state index contributed by atoms with van der Waals surface area (Å²) in [6, 6.07) is 6.14. The number of ether oxygens (including phenoxy) is 1. The van der Waals surface area contributed by atoms with E-state index in [-0.39, 0.29) is 6.61 Å². The fourth-order valence-electron chi connectivity index (χ4n) is 1.97. The summed E-state index contributed by atoms with van der Waals surface area (Å²) in [4.78, 5) is 4.55. The number of aromatic nitrogens is 2. The lowest BCUT2D eigenvalue weighted by Crippen LogP contribution is -2.13. The first kappa shape index (κ1) is 12.9. The molecule has 5 heteroatoms. The van der Waals surface area contributed by atoms with Crippen molar-refractivity contribution in [1.29, 1.82) is 0 Å². The first-order valence-corrected chi connectivity index (χ1v) is 6.07. The molecule has 0 saturated carbocycles. The van der Waals surface area contributed by atoms with Crippen LogP contribution < -0.4 is 5.32 Å². The van der Waals surface area contributed by atoms with Crippen LogP contribution in [0.5, 0.6) is 0 Å². The van der Waals surface area contributed by atoms with Crippen molar-refractivity contribution in [2.45, 2.75) is 13.5 Å². The van der Waals surface area contributed by atoms with E-state index in [2.05, 4.69) is 16.4 Å². The van der Waals surface area contributed by atoms with Crippen LogP contribution in [0, 0.1) is 6.92 Å². The van der Waals surface area contributed by atoms with E-state index in [0.717, 1.165) is 17.0 Å². The monoisotopic (exact) mass is 249 g/mol. The molecule has 0 atom stereocenters. The van der Waals surface area contributed by atoms with Gasteiger partial charge in [-0.2, -0.15) is 0 Å². The van der Waals surface area contributed by atoms with Gasteiger partial charge in [0.2, 0.25) is 5.95 Å². The van der Waals surface area contributed by atoms with Crippen molar-refractivity contribution in [1.82, 2.24) is 9.55 Å². The van der Waals surface area contributed by atoms with Gasteiger partial charge in [-0.3, -0.25) is 0 Å². The fourth-order valence-corrected chi connectivity index (χ4v) is 1.97. The van der Waals surface area contributed by atoms with Gasteiger partial charge in [-0.15, -0.1) is 0 Å². The molecule has 0 aliphatic carbocycles. The van der Waals surface area contributed by atoms with Crippen molar-refractivity contribution in [2.75, 3.05) is 32.2 Å². The zero-order valence-corrected chi connectivity index (χ0v) is 10.8. The van der Waals surface area contributed by atoms with Gasteiger partial charge >= 0.3 is 0 Å². The lowest BCUT2D eigenvalue weighted by atomic mass is 10.2. The third-order valence-corrected chi connectivity index (χ3v) is 2.82. The van der Waals surface area contributed by atoms with Gasteiger partial charge in [0.25, 0.3) is 0 Å². The molecule has 0 aliphatic rings. The Labute approximate surface area is 106 Å². The molecule has 0 radical (unpaired) electrons. The molecule has 0 saturated heterocycles. The van der Waals surface area contributed by atoms with Crippen molar-refractivity contribution in [3.8, 4) is 0 Å². The molecule has 2 aromatic rings. The predicted octanol–water partition coefficient (Wildman–Crippen LogP) is 1.40. The largest absolute Gasteiger partial charge is 0.395 e. The maximum atomic E-state index is 9.15. The second-order valence-corrected chi connectivity index (χ2v) is 4.22. The van der Waals surface area contributed by atoms with E-state index in [1.807, 2.05) is 23.6 Å². The third-order valence-electron chi connectivity index (χ3n) is 2.82. The average molecular weight is 249 g/mol. The van der Waals surface area contributed by atoms with E-state index >= 15 is 0 Å². The highest BCUT2D eigenvalue weighted by Gasteiger charge is 2.09. The van der Waals surface area contributed by atoms with E-state index in [0.29, 0.717) is 19.7 Å². The van der Waals surface area contributed by atoms with Gasteiger partial charge in [-0.1, -0.05) is 6.07 Å². The van der Waals surface area contributed by atoms with Gasteiger partial charge in [-0.05, 0) is 24.6 Å². The fraction of sp³-hybridized carbons (Fsp3) is 0.462. The Morgan fingerprint density at radius 2 is 2.28 bits per heavy atom. The van der Waals surface area contributed by atoms with Crippen LogP contribution in [0.2, 0.25) is 0 Å². The minimum atomic E-state index is 0.0955. The summed E-state index contributed by atoms with van der Waals surface area (Å²) in [5.74, 6) is 0.779. The SMILES string of the molecule is COCCNc1nc2cc(C)ccc2n1CCO. The molecule has 5 nitrogen and oxygen atoms in total. The van der Waals surface area contributed by atoms with Crippen molar-refractivity contribution in [3.63, 3.8) is 0 Å². The molecule has 2 rings (SSSR count). The molecule has 0 spiro atoms. The summed E-state index contributed by atoms with van der Waals surface area (Å²) in [6.07, 6.45) is 0. The number of anilines is 1. The van der Waals surface area contributed by atoms with Crippen molar-refractivity contribution < 1.29 is 9.84 Å². The average Bonchev–Trinajstić information content (AvgIpc) is 2.68. The molecule has 2 N–H and O–H groups in total. The number of aliphatic hydroxyl groups is 1. The Balaban J connectivity index is 2.34. The minimum absolute atomic E-state index is 0.0955. The maximum absolute atomic E-state index is 9.15. The van der Waals surface area contributed by atoms with E-state index in [4.69, 9.17) is 9.84 Å². The van der Waals surface area contributed by atoms with Crippen molar-refractivity contribution in [2.24, 2.45) is 0 Å². The summed E-state index contributed by atoms with van der Waals surface area (Å²) in [5, 5.41) is 12.4. The first-order valence-electron chi connectivity index (χ1n) is 6.07.